The molecule has 1 aliphatic rings. The van der Waals surface area contributed by atoms with E-state index in [1.807, 2.05) is 31.2 Å². The van der Waals surface area contributed by atoms with E-state index < -0.39 is 0 Å². The number of aromatic nitrogens is 2. The van der Waals surface area contributed by atoms with E-state index >= 15 is 0 Å². The maximum atomic E-state index is 12.4. The van der Waals surface area contributed by atoms with Crippen LogP contribution in [0.2, 0.25) is 5.02 Å². The van der Waals surface area contributed by atoms with Crippen molar-refractivity contribution in [2.24, 2.45) is 4.99 Å². The van der Waals surface area contributed by atoms with Gasteiger partial charge in [0.05, 0.1) is 11.4 Å². The van der Waals surface area contributed by atoms with Gasteiger partial charge in [0.1, 0.15) is 5.56 Å². The highest BCUT2D eigenvalue weighted by molar-refractivity contribution is 6.31. The van der Waals surface area contributed by atoms with E-state index in [0.29, 0.717) is 10.7 Å². The molecule has 0 aliphatic carbocycles. The van der Waals surface area contributed by atoms with Crippen LogP contribution in [0.4, 0.5) is 5.69 Å². The van der Waals surface area contributed by atoms with Gasteiger partial charge in [-0.15, -0.1) is 0 Å². The number of aliphatic imine (C=N–C) groups is 1. The number of nitrogens with zero attached hydrogens (tertiary/aromatic N) is 2. The highest BCUT2D eigenvalue weighted by atomic mass is 35.5. The first kappa shape index (κ1) is 15.5. The number of allylic oxidation sites excluding steroid dienone is 1. The molecule has 2 aromatic carbocycles. The van der Waals surface area contributed by atoms with Crippen LogP contribution < -0.4 is 5.56 Å². The van der Waals surface area contributed by atoms with E-state index in [1.54, 1.807) is 30.3 Å². The summed E-state index contributed by atoms with van der Waals surface area (Å²) in [5.74, 6) is -0.156. The van der Waals surface area contributed by atoms with Crippen LogP contribution in [0.1, 0.15) is 18.1 Å². The normalized spacial score (nSPS) is 14.6. The van der Waals surface area contributed by atoms with Crippen molar-refractivity contribution in [1.29, 1.82) is 0 Å². The molecule has 5 nitrogen and oxygen atoms in total. The summed E-state index contributed by atoms with van der Waals surface area (Å²) < 4.78 is 1.33. The smallest absolute Gasteiger partial charge is 0.275 e. The lowest BCUT2D eigenvalue weighted by Crippen LogP contribution is -2.05. The van der Waals surface area contributed by atoms with Gasteiger partial charge < -0.3 is 5.11 Å². The summed E-state index contributed by atoms with van der Waals surface area (Å²) in [7, 11) is 0. The van der Waals surface area contributed by atoms with Gasteiger partial charge in [-0.25, -0.2) is 4.68 Å². The molecule has 25 heavy (non-hydrogen) atoms. The Kier molecular flexibility index (Phi) is 3.58. The predicted molar refractivity (Wildman–Crippen MR) is 100 cm³/mol. The summed E-state index contributed by atoms with van der Waals surface area (Å²) in [4.78, 5) is 16.9. The van der Waals surface area contributed by atoms with E-state index in [0.717, 1.165) is 22.5 Å². The summed E-state index contributed by atoms with van der Waals surface area (Å²) in [5, 5.41) is 13.8. The standard InChI is InChI=1S/C19H14ClN3O2/c1-11-15(14-4-2-3-5-17(14)21-11)10-16-18(24)22-23(19(16)25)13-8-6-12(20)7-9-13/h2-10,25H,1H3,(H,22,24)/b15-10+. The molecule has 0 bridgehead atoms. The molecule has 0 fully saturated rings. The zero-order chi connectivity index (χ0) is 17.6. The Morgan fingerprint density at radius 3 is 2.64 bits per heavy atom. The Morgan fingerprint density at radius 1 is 1.16 bits per heavy atom. The van der Waals surface area contributed by atoms with Gasteiger partial charge in [0.2, 0.25) is 5.88 Å². The van der Waals surface area contributed by atoms with Crippen molar-refractivity contribution in [3.63, 3.8) is 0 Å². The van der Waals surface area contributed by atoms with Gasteiger partial charge in [-0.2, -0.15) is 0 Å². The third-order valence-electron chi connectivity index (χ3n) is 4.16. The number of hydrogen-bond acceptors (Lipinski definition) is 3. The molecule has 0 amide bonds. The maximum absolute atomic E-state index is 12.4. The van der Waals surface area contributed by atoms with Crippen LogP contribution in [-0.4, -0.2) is 20.6 Å². The lowest BCUT2D eigenvalue weighted by atomic mass is 10.0. The van der Waals surface area contributed by atoms with Gasteiger partial charge in [0.25, 0.3) is 5.56 Å². The minimum atomic E-state index is -0.378. The van der Waals surface area contributed by atoms with Gasteiger partial charge in [0, 0.05) is 21.9 Å². The second-order valence-corrected chi connectivity index (χ2v) is 6.20. The summed E-state index contributed by atoms with van der Waals surface area (Å²) in [6.45, 7) is 1.88. The lowest BCUT2D eigenvalue weighted by molar-refractivity contribution is 0.432. The van der Waals surface area contributed by atoms with E-state index in [4.69, 9.17) is 11.6 Å². The summed E-state index contributed by atoms with van der Waals surface area (Å²) in [6.07, 6.45) is 1.67. The average molecular weight is 352 g/mol. The number of nitrogens with one attached hydrogen (secondary N) is 1. The molecule has 124 valence electrons. The number of rotatable bonds is 2. The van der Waals surface area contributed by atoms with Crippen LogP contribution in [0.25, 0.3) is 17.3 Å². The second kappa shape index (κ2) is 5.79. The van der Waals surface area contributed by atoms with Gasteiger partial charge in [0.15, 0.2) is 0 Å². The fraction of sp³-hybridized carbons (Fsp3) is 0.0526. The van der Waals surface area contributed by atoms with E-state index in [-0.39, 0.29) is 17.0 Å². The summed E-state index contributed by atoms with van der Waals surface area (Å²) >= 11 is 5.89. The first-order chi connectivity index (χ1) is 12.0. The number of fused-ring (bicyclic) bond motifs is 1. The predicted octanol–water partition coefficient (Wildman–Crippen LogP) is 4.17. The number of hydrogen-bond donors (Lipinski definition) is 2. The van der Waals surface area contributed by atoms with E-state index in [9.17, 15) is 9.90 Å². The maximum Gasteiger partial charge on any atom is 0.275 e. The number of aromatic amines is 1. The minimum absolute atomic E-state index is 0.156. The Labute approximate surface area is 148 Å². The molecule has 3 aromatic rings. The number of halogens is 1. The zero-order valence-electron chi connectivity index (χ0n) is 13.3. The summed E-state index contributed by atoms with van der Waals surface area (Å²) in [6, 6.07) is 14.5. The monoisotopic (exact) mass is 351 g/mol. The molecule has 6 heteroatoms. The molecule has 0 radical (unpaired) electrons. The largest absolute Gasteiger partial charge is 0.493 e. The van der Waals surface area contributed by atoms with Crippen LogP contribution in [0.15, 0.2) is 58.3 Å². The molecule has 0 atom stereocenters. The molecule has 2 heterocycles. The first-order valence-electron chi connectivity index (χ1n) is 7.71. The number of para-hydroxylation sites is 1. The first-order valence-corrected chi connectivity index (χ1v) is 8.09. The molecule has 1 aromatic heterocycles. The van der Waals surface area contributed by atoms with E-state index in [1.165, 1.54) is 4.68 Å². The Balaban J connectivity index is 1.84. The van der Waals surface area contributed by atoms with Crippen molar-refractivity contribution < 1.29 is 5.11 Å². The van der Waals surface area contributed by atoms with Gasteiger partial charge in [-0.05, 0) is 43.3 Å². The lowest BCUT2D eigenvalue weighted by Gasteiger charge is -2.04. The van der Waals surface area contributed by atoms with Crippen molar-refractivity contribution in [2.45, 2.75) is 6.92 Å². The van der Waals surface area contributed by atoms with Gasteiger partial charge in [-0.1, -0.05) is 29.8 Å². The van der Waals surface area contributed by atoms with Crippen molar-refractivity contribution in [2.75, 3.05) is 0 Å². The van der Waals surface area contributed by atoms with Crippen LogP contribution in [0.5, 0.6) is 5.88 Å². The molecule has 0 spiro atoms. The fourth-order valence-corrected chi connectivity index (χ4v) is 3.03. The number of aromatic hydroxyl groups is 1. The quantitative estimate of drug-likeness (QED) is 0.727. The summed E-state index contributed by atoms with van der Waals surface area (Å²) in [5.41, 5.74) is 3.86. The molecule has 2 N–H and O–H groups in total. The van der Waals surface area contributed by atoms with Crippen molar-refractivity contribution in [1.82, 2.24) is 9.78 Å². The van der Waals surface area contributed by atoms with Gasteiger partial charge >= 0.3 is 0 Å². The third kappa shape index (κ3) is 2.58. The highest BCUT2D eigenvalue weighted by Crippen LogP contribution is 2.36. The van der Waals surface area contributed by atoms with Crippen molar-refractivity contribution in [3.05, 3.63) is 75.0 Å². The van der Waals surface area contributed by atoms with Gasteiger partial charge in [-0.3, -0.25) is 14.9 Å². The van der Waals surface area contributed by atoms with Crippen molar-refractivity contribution in [3.8, 4) is 11.6 Å². The molecule has 0 saturated heterocycles. The van der Waals surface area contributed by atoms with E-state index in [2.05, 4.69) is 10.1 Å². The zero-order valence-corrected chi connectivity index (χ0v) is 14.1. The second-order valence-electron chi connectivity index (χ2n) is 5.76. The van der Waals surface area contributed by atoms with Crippen molar-refractivity contribution >= 4 is 34.6 Å². The van der Waals surface area contributed by atoms with Crippen LogP contribution in [-0.2, 0) is 0 Å². The molecule has 1 aliphatic heterocycles. The molecular formula is C19H14ClN3O2. The topological polar surface area (TPSA) is 70.4 Å². The van der Waals surface area contributed by atoms with Crippen LogP contribution in [0.3, 0.4) is 0 Å². The molecule has 0 unspecified atom stereocenters. The molecular weight excluding hydrogens is 338 g/mol. The SMILES string of the molecule is CC1=Nc2ccccc2/C1=C/c1c(O)n(-c2ccc(Cl)cc2)[nH]c1=O. The number of benzene rings is 2. The highest BCUT2D eigenvalue weighted by Gasteiger charge is 2.20. The third-order valence-corrected chi connectivity index (χ3v) is 4.41. The molecule has 4 rings (SSSR count). The Bertz CT molecular complexity index is 1090. The van der Waals surface area contributed by atoms with Crippen LogP contribution in [0, 0.1) is 0 Å². The average Bonchev–Trinajstić information content (AvgIpc) is 3.07. The Morgan fingerprint density at radius 2 is 1.88 bits per heavy atom. The molecule has 0 saturated carbocycles. The fourth-order valence-electron chi connectivity index (χ4n) is 2.91. The minimum Gasteiger partial charge on any atom is -0.493 e. The number of H-pyrrole nitrogens is 1. The Hall–Kier alpha value is -3.05. The van der Waals surface area contributed by atoms with Crippen LogP contribution >= 0.6 is 11.6 Å².